The van der Waals surface area contributed by atoms with Gasteiger partial charge in [0.05, 0.1) is 23.3 Å². The van der Waals surface area contributed by atoms with E-state index in [4.69, 9.17) is 16.3 Å². The fraction of sp³-hybridized carbons (Fsp3) is 0.320. The van der Waals surface area contributed by atoms with Crippen molar-refractivity contribution in [3.8, 4) is 5.75 Å². The molecule has 1 saturated heterocycles. The Balaban J connectivity index is 1.47. The summed E-state index contributed by atoms with van der Waals surface area (Å²) in [5.74, 6) is 0.0879. The van der Waals surface area contributed by atoms with Crippen LogP contribution in [0.4, 0.5) is 26.0 Å². The number of nitrogens with one attached hydrogen (secondary N) is 2. The van der Waals surface area contributed by atoms with Crippen molar-refractivity contribution in [2.45, 2.75) is 25.4 Å². The van der Waals surface area contributed by atoms with E-state index in [9.17, 15) is 13.6 Å². The second-order valence-corrected chi connectivity index (χ2v) is 8.65. The molecule has 1 aliphatic rings. The molecule has 0 unspecified atom stereocenters. The van der Waals surface area contributed by atoms with Crippen LogP contribution in [0.2, 0.25) is 5.02 Å². The Labute approximate surface area is 207 Å². The molecule has 3 aromatic rings. The highest BCUT2D eigenvalue weighted by atomic mass is 35.5. The minimum atomic E-state index is -0.695. The normalized spacial score (nSPS) is 15.0. The second-order valence-electron chi connectivity index (χ2n) is 8.24. The van der Waals surface area contributed by atoms with Gasteiger partial charge in [-0.2, -0.15) is 0 Å². The number of hydrogen-bond donors (Lipinski definition) is 2. The topological polar surface area (TPSA) is 79.4 Å². The van der Waals surface area contributed by atoms with Crippen molar-refractivity contribution in [3.63, 3.8) is 0 Å². The SMILES string of the molecule is COc1cc2ncnc(Nc3ccc(F)c(Cl)c3)c2cc1NC(=O)/C=C/CCN1CCC(F)CC1. The Morgan fingerprint density at radius 3 is 2.80 bits per heavy atom. The van der Waals surface area contributed by atoms with Gasteiger partial charge >= 0.3 is 0 Å². The molecule has 4 rings (SSSR count). The van der Waals surface area contributed by atoms with Crippen LogP contribution in [0.1, 0.15) is 19.3 Å². The van der Waals surface area contributed by atoms with Gasteiger partial charge in [0.15, 0.2) is 0 Å². The Kier molecular flexibility index (Phi) is 8.09. The summed E-state index contributed by atoms with van der Waals surface area (Å²) in [5.41, 5.74) is 1.60. The zero-order valence-corrected chi connectivity index (χ0v) is 20.0. The third-order valence-electron chi connectivity index (χ3n) is 5.80. The number of methoxy groups -OCH3 is 1. The smallest absolute Gasteiger partial charge is 0.248 e. The Morgan fingerprint density at radius 1 is 1.26 bits per heavy atom. The number of rotatable bonds is 8. The van der Waals surface area contributed by atoms with Crippen LogP contribution in [0, 0.1) is 5.82 Å². The van der Waals surface area contributed by atoms with Crippen LogP contribution in [0.5, 0.6) is 5.75 Å². The van der Waals surface area contributed by atoms with Gasteiger partial charge < -0.3 is 20.3 Å². The fourth-order valence-corrected chi connectivity index (χ4v) is 4.09. The van der Waals surface area contributed by atoms with Crippen molar-refractivity contribution in [2.75, 3.05) is 37.4 Å². The van der Waals surface area contributed by atoms with Crippen molar-refractivity contribution < 1.29 is 18.3 Å². The van der Waals surface area contributed by atoms with Crippen molar-refractivity contribution in [1.29, 1.82) is 0 Å². The molecule has 0 spiro atoms. The number of anilines is 3. The minimum Gasteiger partial charge on any atom is -0.494 e. The van der Waals surface area contributed by atoms with Gasteiger partial charge in [0, 0.05) is 36.8 Å². The summed E-state index contributed by atoms with van der Waals surface area (Å²) in [6, 6.07) is 7.69. The zero-order chi connectivity index (χ0) is 24.8. The van der Waals surface area contributed by atoms with E-state index in [-0.39, 0.29) is 10.9 Å². The number of carbonyl (C=O) groups is 1. The van der Waals surface area contributed by atoms with Crippen LogP contribution >= 0.6 is 11.6 Å². The average molecular weight is 502 g/mol. The lowest BCUT2D eigenvalue weighted by molar-refractivity contribution is -0.111. The molecule has 1 aromatic heterocycles. The van der Waals surface area contributed by atoms with E-state index in [2.05, 4.69) is 25.5 Å². The summed E-state index contributed by atoms with van der Waals surface area (Å²) in [4.78, 5) is 23.3. The maximum Gasteiger partial charge on any atom is 0.248 e. The monoisotopic (exact) mass is 501 g/mol. The van der Waals surface area contributed by atoms with Crippen LogP contribution in [-0.2, 0) is 4.79 Å². The number of hydrogen-bond acceptors (Lipinski definition) is 6. The van der Waals surface area contributed by atoms with Gasteiger partial charge in [0.25, 0.3) is 0 Å². The minimum absolute atomic E-state index is 0.0123. The molecular formula is C25H26ClF2N5O2. The molecule has 7 nitrogen and oxygen atoms in total. The lowest BCUT2D eigenvalue weighted by Gasteiger charge is -2.27. The number of amides is 1. The molecule has 1 aliphatic heterocycles. The van der Waals surface area contributed by atoms with E-state index in [1.54, 1.807) is 24.3 Å². The molecule has 0 atom stereocenters. The first kappa shape index (κ1) is 24.8. The molecule has 2 heterocycles. The van der Waals surface area contributed by atoms with Crippen LogP contribution in [0.25, 0.3) is 10.9 Å². The van der Waals surface area contributed by atoms with Crippen molar-refractivity contribution in [1.82, 2.24) is 14.9 Å². The summed E-state index contributed by atoms with van der Waals surface area (Å²) < 4.78 is 32.2. The first-order valence-electron chi connectivity index (χ1n) is 11.3. The molecule has 0 aliphatic carbocycles. The van der Waals surface area contributed by atoms with Crippen LogP contribution in [0.15, 0.2) is 48.8 Å². The van der Waals surface area contributed by atoms with E-state index < -0.39 is 12.0 Å². The molecule has 10 heteroatoms. The van der Waals surface area contributed by atoms with Gasteiger partial charge in [-0.3, -0.25) is 4.79 Å². The quantitative estimate of drug-likeness (QED) is 0.397. The molecule has 2 aromatic carbocycles. The summed E-state index contributed by atoms with van der Waals surface area (Å²) in [6.45, 7) is 2.28. The van der Waals surface area contributed by atoms with Crippen molar-refractivity contribution in [3.05, 3.63) is 59.7 Å². The number of fused-ring (bicyclic) bond motifs is 1. The third kappa shape index (κ3) is 6.43. The largest absolute Gasteiger partial charge is 0.494 e. The van der Waals surface area contributed by atoms with E-state index in [0.717, 1.165) is 19.6 Å². The number of likely N-dealkylation sites (tertiary alicyclic amines) is 1. The van der Waals surface area contributed by atoms with Crippen molar-refractivity contribution in [2.24, 2.45) is 0 Å². The summed E-state index contributed by atoms with van der Waals surface area (Å²) in [7, 11) is 1.51. The maximum atomic E-state index is 13.5. The molecule has 35 heavy (non-hydrogen) atoms. The van der Waals surface area contributed by atoms with E-state index in [1.807, 2.05) is 0 Å². The highest BCUT2D eigenvalue weighted by Crippen LogP contribution is 2.33. The van der Waals surface area contributed by atoms with E-state index >= 15 is 0 Å². The molecule has 1 fully saturated rings. The van der Waals surface area contributed by atoms with E-state index in [1.165, 1.54) is 31.6 Å². The van der Waals surface area contributed by atoms with Crippen molar-refractivity contribution >= 4 is 45.6 Å². The highest BCUT2D eigenvalue weighted by molar-refractivity contribution is 6.31. The third-order valence-corrected chi connectivity index (χ3v) is 6.08. The molecule has 1 amide bonds. The Bertz CT molecular complexity index is 1230. The maximum absolute atomic E-state index is 13.5. The fourth-order valence-electron chi connectivity index (χ4n) is 3.91. The molecule has 0 saturated carbocycles. The van der Waals surface area contributed by atoms with Gasteiger partial charge in [-0.15, -0.1) is 0 Å². The summed E-state index contributed by atoms with van der Waals surface area (Å²) in [6.07, 6.45) is 5.82. The number of carbonyl (C=O) groups excluding carboxylic acids is 1. The number of halogens is 3. The first-order chi connectivity index (χ1) is 16.9. The number of alkyl halides is 1. The number of benzene rings is 2. The number of aromatic nitrogens is 2. The van der Waals surface area contributed by atoms with E-state index in [0.29, 0.717) is 53.1 Å². The zero-order valence-electron chi connectivity index (χ0n) is 19.2. The lowest BCUT2D eigenvalue weighted by atomic mass is 10.1. The molecule has 0 bridgehead atoms. The summed E-state index contributed by atoms with van der Waals surface area (Å²) >= 11 is 5.89. The molecule has 0 radical (unpaired) electrons. The number of piperidine rings is 1. The predicted molar refractivity (Wildman–Crippen MR) is 134 cm³/mol. The Morgan fingerprint density at radius 2 is 2.06 bits per heavy atom. The van der Waals surface area contributed by atoms with Gasteiger partial charge in [-0.25, -0.2) is 18.7 Å². The van der Waals surface area contributed by atoms with Gasteiger partial charge in [0.1, 0.15) is 29.9 Å². The predicted octanol–water partition coefficient (Wildman–Crippen LogP) is 5.49. The number of nitrogens with zero attached hydrogens (tertiary/aromatic N) is 3. The Hall–Kier alpha value is -3.30. The average Bonchev–Trinajstić information content (AvgIpc) is 2.85. The lowest BCUT2D eigenvalue weighted by Crippen LogP contribution is -2.34. The summed E-state index contributed by atoms with van der Waals surface area (Å²) in [5, 5.41) is 6.57. The van der Waals surface area contributed by atoms with Gasteiger partial charge in [0.2, 0.25) is 5.91 Å². The first-order valence-corrected chi connectivity index (χ1v) is 11.7. The second kappa shape index (κ2) is 11.4. The highest BCUT2D eigenvalue weighted by Gasteiger charge is 2.17. The standard InChI is InChI=1S/C25H26ClF2N5O2/c1-35-23-14-21-18(25(30-15-29-21)31-17-5-6-20(28)19(26)12-17)13-22(23)32-24(34)4-2-3-9-33-10-7-16(27)8-11-33/h2,4-6,12-16H,3,7-11H2,1H3,(H,32,34)(H,29,30,31)/b4-2+. The van der Waals surface area contributed by atoms with Gasteiger partial charge in [-0.1, -0.05) is 17.7 Å². The van der Waals surface area contributed by atoms with Gasteiger partial charge in [-0.05, 0) is 49.6 Å². The number of ether oxygens (including phenoxy) is 1. The van der Waals surface area contributed by atoms with Crippen LogP contribution < -0.4 is 15.4 Å². The molecule has 184 valence electrons. The van der Waals surface area contributed by atoms with Crippen LogP contribution in [-0.4, -0.2) is 53.7 Å². The molecule has 2 N–H and O–H groups in total. The van der Waals surface area contributed by atoms with Crippen LogP contribution in [0.3, 0.4) is 0 Å². The molecular weight excluding hydrogens is 476 g/mol.